The van der Waals surface area contributed by atoms with E-state index in [9.17, 15) is 5.11 Å². The van der Waals surface area contributed by atoms with Gasteiger partial charge in [0.25, 0.3) is 0 Å². The first-order valence-corrected chi connectivity index (χ1v) is 5.78. The summed E-state index contributed by atoms with van der Waals surface area (Å²) in [6.07, 6.45) is -0.997. The van der Waals surface area contributed by atoms with Crippen LogP contribution in [0.5, 0.6) is 0 Å². The van der Waals surface area contributed by atoms with Gasteiger partial charge >= 0.3 is 0 Å². The zero-order chi connectivity index (χ0) is 13.5. The van der Waals surface area contributed by atoms with Crippen LogP contribution in [0.3, 0.4) is 0 Å². The summed E-state index contributed by atoms with van der Waals surface area (Å²) in [5, 5.41) is 33.2. The van der Waals surface area contributed by atoms with Crippen LogP contribution >= 0.6 is 0 Å². The molecule has 2 unspecified atom stereocenters. The Labute approximate surface area is 106 Å². The third kappa shape index (κ3) is 4.57. The first-order chi connectivity index (χ1) is 8.52. The van der Waals surface area contributed by atoms with E-state index in [1.165, 1.54) is 0 Å². The van der Waals surface area contributed by atoms with E-state index in [1.54, 1.807) is 26.0 Å². The third-order valence-corrected chi connectivity index (χ3v) is 2.16. The molecule has 0 radical (unpaired) electrons. The van der Waals surface area contributed by atoms with E-state index >= 15 is 0 Å². The van der Waals surface area contributed by atoms with Gasteiger partial charge in [0.2, 0.25) is 0 Å². The molecule has 1 rings (SSSR count). The van der Waals surface area contributed by atoms with Crippen molar-refractivity contribution in [3.05, 3.63) is 17.7 Å². The minimum atomic E-state index is -0.521. The lowest BCUT2D eigenvalue weighted by Crippen LogP contribution is -2.19. The van der Waals surface area contributed by atoms with Crippen molar-refractivity contribution in [3.8, 4) is 6.07 Å². The molecule has 6 nitrogen and oxygen atoms in total. The number of anilines is 2. The van der Waals surface area contributed by atoms with Gasteiger partial charge in [0.1, 0.15) is 17.7 Å². The van der Waals surface area contributed by atoms with Crippen LogP contribution < -0.4 is 10.6 Å². The molecule has 0 amide bonds. The molecule has 0 fully saturated rings. The summed E-state index contributed by atoms with van der Waals surface area (Å²) in [5.74, 6) is 0.997. The molecule has 98 valence electrons. The maximum absolute atomic E-state index is 9.20. The van der Waals surface area contributed by atoms with Crippen LogP contribution in [-0.2, 0) is 0 Å². The molecule has 0 aliphatic rings. The third-order valence-electron chi connectivity index (χ3n) is 2.16. The molecular weight excluding hydrogens is 232 g/mol. The van der Waals surface area contributed by atoms with Crippen molar-refractivity contribution < 1.29 is 10.2 Å². The summed E-state index contributed by atoms with van der Waals surface area (Å²) in [6, 6.07) is 5.34. The van der Waals surface area contributed by atoms with Crippen LogP contribution in [0.1, 0.15) is 19.4 Å². The second-order valence-electron chi connectivity index (χ2n) is 4.16. The summed E-state index contributed by atoms with van der Waals surface area (Å²) < 4.78 is 0. The summed E-state index contributed by atoms with van der Waals surface area (Å²) in [7, 11) is 0. The summed E-state index contributed by atoms with van der Waals surface area (Å²) in [4.78, 5) is 4.22. The van der Waals surface area contributed by atoms with Crippen molar-refractivity contribution in [2.24, 2.45) is 0 Å². The lowest BCUT2D eigenvalue weighted by molar-refractivity contribution is 0.208. The SMILES string of the molecule is CC(O)CNc1ccc(C#N)c(NCC(C)O)n1. The van der Waals surface area contributed by atoms with Gasteiger partial charge in [-0.3, -0.25) is 0 Å². The molecule has 6 heteroatoms. The second kappa shape index (κ2) is 6.79. The molecule has 4 N–H and O–H groups in total. The Hall–Kier alpha value is -1.84. The highest BCUT2D eigenvalue weighted by molar-refractivity contribution is 5.56. The molecule has 1 heterocycles. The maximum Gasteiger partial charge on any atom is 0.146 e. The fourth-order valence-corrected chi connectivity index (χ4v) is 1.28. The average Bonchev–Trinajstić information content (AvgIpc) is 2.33. The zero-order valence-corrected chi connectivity index (χ0v) is 10.5. The minimum absolute atomic E-state index is 0.321. The second-order valence-corrected chi connectivity index (χ2v) is 4.16. The first kappa shape index (κ1) is 14.2. The number of aromatic nitrogens is 1. The Balaban J connectivity index is 2.78. The van der Waals surface area contributed by atoms with Crippen molar-refractivity contribution in [1.82, 2.24) is 4.98 Å². The van der Waals surface area contributed by atoms with E-state index < -0.39 is 12.2 Å². The van der Waals surface area contributed by atoms with Gasteiger partial charge in [-0.1, -0.05) is 0 Å². The fourth-order valence-electron chi connectivity index (χ4n) is 1.28. The van der Waals surface area contributed by atoms with Crippen molar-refractivity contribution in [1.29, 1.82) is 5.26 Å². The highest BCUT2D eigenvalue weighted by Crippen LogP contribution is 2.15. The summed E-state index contributed by atoms with van der Waals surface area (Å²) >= 11 is 0. The zero-order valence-electron chi connectivity index (χ0n) is 10.5. The number of pyridine rings is 1. The molecule has 0 aliphatic heterocycles. The van der Waals surface area contributed by atoms with E-state index in [-0.39, 0.29) is 0 Å². The van der Waals surface area contributed by atoms with Crippen molar-refractivity contribution in [2.75, 3.05) is 23.7 Å². The normalized spacial score (nSPS) is 13.5. The van der Waals surface area contributed by atoms with E-state index in [0.717, 1.165) is 0 Å². The van der Waals surface area contributed by atoms with Gasteiger partial charge in [0, 0.05) is 13.1 Å². The molecule has 0 spiro atoms. The molecule has 0 aromatic carbocycles. The number of nitrogens with zero attached hydrogens (tertiary/aromatic N) is 2. The molecule has 0 saturated carbocycles. The minimum Gasteiger partial charge on any atom is -0.392 e. The number of hydrogen-bond donors (Lipinski definition) is 4. The van der Waals surface area contributed by atoms with Crippen molar-refractivity contribution in [3.63, 3.8) is 0 Å². The monoisotopic (exact) mass is 250 g/mol. The van der Waals surface area contributed by atoms with Crippen LogP contribution in [0.4, 0.5) is 11.6 Å². The lowest BCUT2D eigenvalue weighted by Gasteiger charge is -2.12. The fraction of sp³-hybridized carbons (Fsp3) is 0.500. The Bertz CT molecular complexity index is 427. The maximum atomic E-state index is 9.20. The van der Waals surface area contributed by atoms with Crippen LogP contribution in [0.2, 0.25) is 0 Å². The Morgan fingerprint density at radius 3 is 2.39 bits per heavy atom. The van der Waals surface area contributed by atoms with Gasteiger partial charge in [-0.05, 0) is 26.0 Å². The molecular formula is C12H18N4O2. The van der Waals surface area contributed by atoms with Crippen LogP contribution in [0.25, 0.3) is 0 Å². The largest absolute Gasteiger partial charge is 0.392 e. The van der Waals surface area contributed by atoms with Gasteiger partial charge in [0.15, 0.2) is 0 Å². The predicted molar refractivity (Wildman–Crippen MR) is 69.3 cm³/mol. The highest BCUT2D eigenvalue weighted by Gasteiger charge is 2.06. The Morgan fingerprint density at radius 1 is 1.22 bits per heavy atom. The van der Waals surface area contributed by atoms with Crippen LogP contribution in [0, 0.1) is 11.3 Å². The molecule has 0 bridgehead atoms. The van der Waals surface area contributed by atoms with Gasteiger partial charge < -0.3 is 20.8 Å². The topological polar surface area (TPSA) is 101 Å². The quantitative estimate of drug-likeness (QED) is 0.588. The molecule has 2 atom stereocenters. The number of aliphatic hydroxyl groups is 2. The summed E-state index contributed by atoms with van der Waals surface area (Å²) in [5.41, 5.74) is 0.415. The number of aliphatic hydroxyl groups excluding tert-OH is 2. The molecule has 1 aromatic rings. The van der Waals surface area contributed by atoms with Crippen LogP contribution in [-0.4, -0.2) is 40.5 Å². The van der Waals surface area contributed by atoms with E-state index in [2.05, 4.69) is 15.6 Å². The Kier molecular flexibility index (Phi) is 5.36. The number of rotatable bonds is 6. The lowest BCUT2D eigenvalue weighted by atomic mass is 10.2. The van der Waals surface area contributed by atoms with Gasteiger partial charge in [-0.15, -0.1) is 0 Å². The van der Waals surface area contributed by atoms with E-state index in [0.29, 0.717) is 30.3 Å². The van der Waals surface area contributed by atoms with Crippen LogP contribution in [0.15, 0.2) is 12.1 Å². The first-order valence-electron chi connectivity index (χ1n) is 5.78. The predicted octanol–water partition coefficient (Wildman–Crippen LogP) is 0.539. The molecule has 0 aliphatic carbocycles. The highest BCUT2D eigenvalue weighted by atomic mass is 16.3. The van der Waals surface area contributed by atoms with Gasteiger partial charge in [-0.2, -0.15) is 5.26 Å². The van der Waals surface area contributed by atoms with Crippen molar-refractivity contribution in [2.45, 2.75) is 26.1 Å². The van der Waals surface area contributed by atoms with Gasteiger partial charge in [0.05, 0.1) is 17.8 Å². The van der Waals surface area contributed by atoms with Gasteiger partial charge in [-0.25, -0.2) is 4.98 Å². The van der Waals surface area contributed by atoms with Crippen molar-refractivity contribution >= 4 is 11.6 Å². The molecule has 0 saturated heterocycles. The standard InChI is InChI=1S/C12H18N4O2/c1-8(17)6-14-11-4-3-10(5-13)12(16-11)15-7-9(2)18/h3-4,8-9,17-18H,6-7H2,1-2H3,(H2,14,15,16). The number of hydrogen-bond acceptors (Lipinski definition) is 6. The average molecular weight is 250 g/mol. The number of nitriles is 1. The van der Waals surface area contributed by atoms with E-state index in [4.69, 9.17) is 10.4 Å². The number of nitrogens with one attached hydrogen (secondary N) is 2. The van der Waals surface area contributed by atoms with E-state index in [1.807, 2.05) is 6.07 Å². The molecule has 18 heavy (non-hydrogen) atoms. The smallest absolute Gasteiger partial charge is 0.146 e. The Morgan fingerprint density at radius 2 is 1.83 bits per heavy atom. The summed E-state index contributed by atoms with van der Waals surface area (Å²) in [6.45, 7) is 4.02. The molecule has 1 aromatic heterocycles.